The van der Waals surface area contributed by atoms with Crippen molar-refractivity contribution in [2.45, 2.75) is 33.1 Å². The van der Waals surface area contributed by atoms with Gasteiger partial charge in [0.15, 0.2) is 0 Å². The number of hydrogen-bond acceptors (Lipinski definition) is 1. The maximum Gasteiger partial charge on any atom is 0.123 e. The van der Waals surface area contributed by atoms with E-state index in [2.05, 4.69) is 13.8 Å². The maximum absolute atomic E-state index is 10.1. The highest BCUT2D eigenvalue weighted by molar-refractivity contribution is 5.53. The molecule has 0 aliphatic heterocycles. The van der Waals surface area contributed by atoms with Crippen LogP contribution in [0.1, 0.15) is 33.1 Å². The summed E-state index contributed by atoms with van der Waals surface area (Å²) in [6, 6.07) is 0. The Bertz CT molecular complexity index is 59.4. The molecule has 0 N–H and O–H groups in total. The topological polar surface area (TPSA) is 17.1 Å². The van der Waals surface area contributed by atoms with Crippen molar-refractivity contribution in [3.63, 3.8) is 0 Å². The average Bonchev–Trinajstić information content (AvgIpc) is 1.83. The lowest BCUT2D eigenvalue weighted by molar-refractivity contribution is -0.111. The molecular weight excluding hydrogens is 100 g/mol. The van der Waals surface area contributed by atoms with Crippen LogP contribution in [0.5, 0.6) is 0 Å². The summed E-state index contributed by atoms with van der Waals surface area (Å²) < 4.78 is 0. The largest absolute Gasteiger partial charge is 0.303 e. The third kappa shape index (κ3) is 2.78. The Kier molecular flexibility index (Phi) is 4.62. The molecule has 1 nitrogen and oxygen atoms in total. The fraction of sp³-hybridized carbons (Fsp3) is 0.857. The van der Waals surface area contributed by atoms with Crippen molar-refractivity contribution in [3.05, 3.63) is 0 Å². The number of carbonyl (C=O) groups is 1. The molecule has 0 aliphatic carbocycles. The van der Waals surface area contributed by atoms with Crippen LogP contribution in [0.3, 0.4) is 0 Å². The Morgan fingerprint density at radius 2 is 2.12 bits per heavy atom. The van der Waals surface area contributed by atoms with E-state index in [4.69, 9.17) is 0 Å². The molecule has 0 aromatic carbocycles. The molecule has 48 valence electrons. The van der Waals surface area contributed by atoms with E-state index in [0.717, 1.165) is 25.5 Å². The SMILES string of the molecule is CCC[C@@H](C=O)CC. The van der Waals surface area contributed by atoms with Gasteiger partial charge in [0.2, 0.25) is 0 Å². The normalized spacial score (nSPS) is 13.2. The molecule has 1 heteroatoms. The first kappa shape index (κ1) is 7.67. The van der Waals surface area contributed by atoms with Gasteiger partial charge in [-0.2, -0.15) is 0 Å². The highest BCUT2D eigenvalue weighted by Crippen LogP contribution is 2.05. The highest BCUT2D eigenvalue weighted by atomic mass is 16.1. The minimum absolute atomic E-state index is 0.319. The van der Waals surface area contributed by atoms with Gasteiger partial charge in [-0.25, -0.2) is 0 Å². The van der Waals surface area contributed by atoms with Crippen LogP contribution < -0.4 is 0 Å². The smallest absolute Gasteiger partial charge is 0.123 e. The standard InChI is InChI=1S/C7H14O/c1-3-5-7(4-2)6-8/h6-7H,3-5H2,1-2H3/t7-/m0/s1. The molecule has 8 heavy (non-hydrogen) atoms. The predicted molar refractivity (Wildman–Crippen MR) is 34.8 cm³/mol. The highest BCUT2D eigenvalue weighted by Gasteiger charge is 1.99. The maximum atomic E-state index is 10.1. The first-order chi connectivity index (χ1) is 3.85. The summed E-state index contributed by atoms with van der Waals surface area (Å²) in [5, 5.41) is 0. The van der Waals surface area contributed by atoms with E-state index in [1.807, 2.05) is 0 Å². The van der Waals surface area contributed by atoms with Gasteiger partial charge >= 0.3 is 0 Å². The van der Waals surface area contributed by atoms with E-state index < -0.39 is 0 Å². The van der Waals surface area contributed by atoms with Crippen LogP contribution in [-0.2, 0) is 4.79 Å². The fourth-order valence-corrected chi connectivity index (χ4v) is 0.739. The molecule has 0 spiro atoms. The van der Waals surface area contributed by atoms with Crippen molar-refractivity contribution in [1.82, 2.24) is 0 Å². The number of hydrogen-bond donors (Lipinski definition) is 0. The Morgan fingerprint density at radius 1 is 1.50 bits per heavy atom. The summed E-state index contributed by atoms with van der Waals surface area (Å²) in [7, 11) is 0. The Morgan fingerprint density at radius 3 is 2.25 bits per heavy atom. The van der Waals surface area contributed by atoms with Crippen molar-refractivity contribution in [2.75, 3.05) is 0 Å². The number of rotatable bonds is 4. The second-order valence-electron chi connectivity index (χ2n) is 2.09. The van der Waals surface area contributed by atoms with E-state index in [1.54, 1.807) is 0 Å². The monoisotopic (exact) mass is 114 g/mol. The van der Waals surface area contributed by atoms with E-state index in [0.29, 0.717) is 5.92 Å². The third-order valence-corrected chi connectivity index (χ3v) is 1.38. The van der Waals surface area contributed by atoms with Gasteiger partial charge in [0.05, 0.1) is 0 Å². The molecule has 0 amide bonds. The summed E-state index contributed by atoms with van der Waals surface area (Å²) in [6.45, 7) is 4.15. The van der Waals surface area contributed by atoms with E-state index in [1.165, 1.54) is 0 Å². The fourth-order valence-electron chi connectivity index (χ4n) is 0.739. The number of carbonyl (C=O) groups excluding carboxylic acids is 1. The Hall–Kier alpha value is -0.330. The predicted octanol–water partition coefficient (Wildman–Crippen LogP) is 2.01. The molecule has 0 unspecified atom stereocenters. The van der Waals surface area contributed by atoms with Crippen LogP contribution in [0, 0.1) is 5.92 Å². The summed E-state index contributed by atoms with van der Waals surface area (Å²) >= 11 is 0. The molecule has 0 radical (unpaired) electrons. The zero-order chi connectivity index (χ0) is 6.41. The van der Waals surface area contributed by atoms with Gasteiger partial charge in [-0.3, -0.25) is 0 Å². The van der Waals surface area contributed by atoms with Crippen molar-refractivity contribution in [2.24, 2.45) is 5.92 Å². The summed E-state index contributed by atoms with van der Waals surface area (Å²) in [4.78, 5) is 10.1. The lowest BCUT2D eigenvalue weighted by atomic mass is 10.0. The third-order valence-electron chi connectivity index (χ3n) is 1.38. The molecule has 0 saturated carbocycles. The number of aldehydes is 1. The van der Waals surface area contributed by atoms with Crippen molar-refractivity contribution < 1.29 is 4.79 Å². The van der Waals surface area contributed by atoms with Gasteiger partial charge in [0.1, 0.15) is 6.29 Å². The molecule has 0 heterocycles. The summed E-state index contributed by atoms with van der Waals surface area (Å²) in [5.41, 5.74) is 0. The molecule has 1 atom stereocenters. The molecule has 0 aliphatic rings. The summed E-state index contributed by atoms with van der Waals surface area (Å²) in [5.74, 6) is 0.319. The van der Waals surface area contributed by atoms with Gasteiger partial charge in [-0.05, 0) is 12.8 Å². The van der Waals surface area contributed by atoms with Crippen molar-refractivity contribution in [3.8, 4) is 0 Å². The Labute approximate surface area is 51.1 Å². The van der Waals surface area contributed by atoms with Crippen LogP contribution in [-0.4, -0.2) is 6.29 Å². The molecule has 0 bridgehead atoms. The lowest BCUT2D eigenvalue weighted by Crippen LogP contribution is -1.97. The molecule has 0 rings (SSSR count). The van der Waals surface area contributed by atoms with Crippen LogP contribution >= 0.6 is 0 Å². The van der Waals surface area contributed by atoms with Gasteiger partial charge in [-0.1, -0.05) is 20.3 Å². The quantitative estimate of drug-likeness (QED) is 0.511. The van der Waals surface area contributed by atoms with E-state index in [-0.39, 0.29) is 0 Å². The van der Waals surface area contributed by atoms with Crippen LogP contribution in [0.15, 0.2) is 0 Å². The minimum atomic E-state index is 0.319. The van der Waals surface area contributed by atoms with Gasteiger partial charge in [0.25, 0.3) is 0 Å². The zero-order valence-electron chi connectivity index (χ0n) is 5.68. The second-order valence-corrected chi connectivity index (χ2v) is 2.09. The first-order valence-corrected chi connectivity index (χ1v) is 3.30. The van der Waals surface area contributed by atoms with E-state index >= 15 is 0 Å². The van der Waals surface area contributed by atoms with Gasteiger partial charge in [-0.15, -0.1) is 0 Å². The van der Waals surface area contributed by atoms with Crippen molar-refractivity contribution in [1.29, 1.82) is 0 Å². The first-order valence-electron chi connectivity index (χ1n) is 3.30. The molecule has 0 aromatic rings. The van der Waals surface area contributed by atoms with Crippen molar-refractivity contribution >= 4 is 6.29 Å². The Balaban J connectivity index is 3.21. The zero-order valence-corrected chi connectivity index (χ0v) is 5.68. The second kappa shape index (κ2) is 4.82. The summed E-state index contributed by atoms with van der Waals surface area (Å²) in [6.07, 6.45) is 4.23. The van der Waals surface area contributed by atoms with Gasteiger partial charge < -0.3 is 4.79 Å². The average molecular weight is 114 g/mol. The van der Waals surface area contributed by atoms with Gasteiger partial charge in [0, 0.05) is 5.92 Å². The molecule has 0 aromatic heterocycles. The van der Waals surface area contributed by atoms with Crippen LogP contribution in [0.25, 0.3) is 0 Å². The van der Waals surface area contributed by atoms with E-state index in [9.17, 15) is 4.79 Å². The minimum Gasteiger partial charge on any atom is -0.303 e. The van der Waals surface area contributed by atoms with Crippen LogP contribution in [0.4, 0.5) is 0 Å². The lowest BCUT2D eigenvalue weighted by Gasteiger charge is -2.01. The molecular formula is C7H14O. The molecule has 0 fully saturated rings. The van der Waals surface area contributed by atoms with Crippen LogP contribution in [0.2, 0.25) is 0 Å². The molecule has 0 saturated heterocycles.